The molecule has 98 valence electrons. The first kappa shape index (κ1) is 14.2. The Bertz CT molecular complexity index is 493. The molecule has 0 saturated carbocycles. The molecule has 0 aliphatic carbocycles. The van der Waals surface area contributed by atoms with Crippen LogP contribution >= 0.6 is 0 Å². The third-order valence-electron chi connectivity index (χ3n) is 2.97. The number of nitrogens with one attached hydrogen (secondary N) is 1. The van der Waals surface area contributed by atoms with Crippen LogP contribution in [-0.2, 0) is 4.79 Å². The molecule has 0 atom stereocenters. The van der Waals surface area contributed by atoms with Crippen LogP contribution in [0.1, 0.15) is 19.4 Å². The van der Waals surface area contributed by atoms with Crippen LogP contribution in [0, 0.1) is 12.7 Å². The third-order valence-corrected chi connectivity index (χ3v) is 2.97. The van der Waals surface area contributed by atoms with Crippen LogP contribution in [0.5, 0.6) is 0 Å². The molecule has 1 amide bonds. The largest absolute Gasteiger partial charge is 0.381 e. The normalized spacial score (nSPS) is 11.9. The molecule has 0 fully saturated rings. The molecule has 0 aliphatic heterocycles. The Morgan fingerprint density at radius 1 is 1.28 bits per heavy atom. The predicted octanol–water partition coefficient (Wildman–Crippen LogP) is 2.93. The number of allylic oxidation sites excluding steroid dienone is 1. The molecule has 1 rings (SSSR count). The minimum atomic E-state index is -0.273. The van der Waals surface area contributed by atoms with E-state index < -0.39 is 0 Å². The van der Waals surface area contributed by atoms with Crippen LogP contribution in [0.15, 0.2) is 29.5 Å². The number of aryl methyl sites for hydroxylation is 1. The quantitative estimate of drug-likeness (QED) is 0.836. The lowest BCUT2D eigenvalue weighted by Crippen LogP contribution is -2.19. The lowest BCUT2D eigenvalue weighted by Gasteiger charge is -2.16. The molecular formula is C14H19FN2O. The van der Waals surface area contributed by atoms with Crippen molar-refractivity contribution in [2.75, 3.05) is 19.4 Å². The van der Waals surface area contributed by atoms with E-state index in [4.69, 9.17) is 0 Å². The van der Waals surface area contributed by atoms with E-state index in [0.29, 0.717) is 16.8 Å². The number of rotatable bonds is 3. The molecule has 1 aromatic rings. The first-order chi connectivity index (χ1) is 8.32. The van der Waals surface area contributed by atoms with E-state index in [1.165, 1.54) is 6.07 Å². The molecule has 1 aromatic carbocycles. The molecule has 0 heterocycles. The van der Waals surface area contributed by atoms with E-state index in [1.807, 2.05) is 25.9 Å². The Kier molecular flexibility index (Phi) is 4.48. The Hall–Kier alpha value is -1.84. The van der Waals surface area contributed by atoms with Crippen LogP contribution in [0.3, 0.4) is 0 Å². The maximum atomic E-state index is 13.1. The highest BCUT2D eigenvalue weighted by molar-refractivity contribution is 6.03. The number of anilines is 1. The standard InChI is InChI=1S/C14H19FN2O/c1-9-8-12(6-7-13(9)15)16-14(18)10(2)11(3)17(4)5/h6-8H,1-5H3,(H,16,18)/b11-10+. The molecule has 0 saturated heterocycles. The number of amides is 1. The van der Waals surface area contributed by atoms with Crippen LogP contribution in [-0.4, -0.2) is 24.9 Å². The average molecular weight is 250 g/mol. The highest BCUT2D eigenvalue weighted by Crippen LogP contribution is 2.15. The summed E-state index contributed by atoms with van der Waals surface area (Å²) in [5, 5.41) is 2.76. The zero-order chi connectivity index (χ0) is 13.9. The van der Waals surface area contributed by atoms with Gasteiger partial charge in [-0.25, -0.2) is 4.39 Å². The Labute approximate surface area is 107 Å². The van der Waals surface area contributed by atoms with Gasteiger partial charge in [-0.15, -0.1) is 0 Å². The van der Waals surface area contributed by atoms with E-state index >= 15 is 0 Å². The van der Waals surface area contributed by atoms with E-state index in [9.17, 15) is 9.18 Å². The van der Waals surface area contributed by atoms with Gasteiger partial charge in [0.2, 0.25) is 0 Å². The van der Waals surface area contributed by atoms with Crippen molar-refractivity contribution in [1.29, 1.82) is 0 Å². The molecule has 4 heteroatoms. The summed E-state index contributed by atoms with van der Waals surface area (Å²) in [6.45, 7) is 5.31. The maximum Gasteiger partial charge on any atom is 0.253 e. The van der Waals surface area contributed by atoms with Crippen LogP contribution in [0.25, 0.3) is 0 Å². The van der Waals surface area contributed by atoms with Gasteiger partial charge in [0.05, 0.1) is 0 Å². The van der Waals surface area contributed by atoms with Gasteiger partial charge in [0.15, 0.2) is 0 Å². The zero-order valence-electron chi connectivity index (χ0n) is 11.5. The summed E-state index contributed by atoms with van der Waals surface area (Å²) >= 11 is 0. The molecule has 3 nitrogen and oxygen atoms in total. The van der Waals surface area contributed by atoms with Gasteiger partial charge in [-0.05, 0) is 44.5 Å². The number of nitrogens with zero attached hydrogens (tertiary/aromatic N) is 1. The number of carbonyl (C=O) groups is 1. The third kappa shape index (κ3) is 3.32. The SMILES string of the molecule is C/C(C(=O)Nc1ccc(F)c(C)c1)=C(/C)N(C)C. The minimum Gasteiger partial charge on any atom is -0.381 e. The molecule has 0 radical (unpaired) electrons. The number of hydrogen-bond acceptors (Lipinski definition) is 2. The summed E-state index contributed by atoms with van der Waals surface area (Å²) in [4.78, 5) is 13.8. The monoisotopic (exact) mass is 250 g/mol. The fourth-order valence-corrected chi connectivity index (χ4v) is 1.45. The van der Waals surface area contributed by atoms with E-state index in [2.05, 4.69) is 5.32 Å². The highest BCUT2D eigenvalue weighted by Gasteiger charge is 2.10. The summed E-state index contributed by atoms with van der Waals surface area (Å²) in [7, 11) is 3.77. The van der Waals surface area contributed by atoms with Crippen molar-refractivity contribution in [3.8, 4) is 0 Å². The zero-order valence-corrected chi connectivity index (χ0v) is 11.5. The molecule has 0 spiro atoms. The molecule has 0 bridgehead atoms. The van der Waals surface area contributed by atoms with Gasteiger partial charge in [0.1, 0.15) is 5.82 Å². The number of benzene rings is 1. The van der Waals surface area contributed by atoms with Gasteiger partial charge in [-0.1, -0.05) is 0 Å². The van der Waals surface area contributed by atoms with Crippen molar-refractivity contribution in [3.05, 3.63) is 40.8 Å². The summed E-state index contributed by atoms with van der Waals surface area (Å²) < 4.78 is 13.1. The first-order valence-electron chi connectivity index (χ1n) is 5.75. The van der Waals surface area contributed by atoms with Gasteiger partial charge in [-0.2, -0.15) is 0 Å². The highest BCUT2D eigenvalue weighted by atomic mass is 19.1. The summed E-state index contributed by atoms with van der Waals surface area (Å²) in [5.74, 6) is -0.447. The van der Waals surface area contributed by atoms with Crippen LogP contribution in [0.4, 0.5) is 10.1 Å². The molecule has 0 aromatic heterocycles. The molecule has 0 aliphatic rings. The fraction of sp³-hybridized carbons (Fsp3) is 0.357. The number of carbonyl (C=O) groups excluding carboxylic acids is 1. The molecule has 18 heavy (non-hydrogen) atoms. The fourth-order valence-electron chi connectivity index (χ4n) is 1.45. The summed E-state index contributed by atoms with van der Waals surface area (Å²) in [6.07, 6.45) is 0. The van der Waals surface area contributed by atoms with Gasteiger partial charge in [0, 0.05) is 31.1 Å². The van der Waals surface area contributed by atoms with Gasteiger partial charge < -0.3 is 10.2 Å². The Balaban J connectivity index is 2.88. The molecule has 1 N–H and O–H groups in total. The van der Waals surface area contributed by atoms with Gasteiger partial charge in [-0.3, -0.25) is 4.79 Å². The smallest absolute Gasteiger partial charge is 0.253 e. The van der Waals surface area contributed by atoms with Crippen molar-refractivity contribution in [2.45, 2.75) is 20.8 Å². The van der Waals surface area contributed by atoms with Gasteiger partial charge >= 0.3 is 0 Å². The average Bonchev–Trinajstić information content (AvgIpc) is 2.31. The molecule has 0 unspecified atom stereocenters. The van der Waals surface area contributed by atoms with Crippen LogP contribution < -0.4 is 5.32 Å². The van der Waals surface area contributed by atoms with E-state index in [-0.39, 0.29) is 11.7 Å². The minimum absolute atomic E-state index is 0.174. The molecular weight excluding hydrogens is 231 g/mol. The summed E-state index contributed by atoms with van der Waals surface area (Å²) in [5.41, 5.74) is 2.65. The van der Waals surface area contributed by atoms with Crippen molar-refractivity contribution >= 4 is 11.6 Å². The lowest BCUT2D eigenvalue weighted by molar-refractivity contribution is -0.112. The Morgan fingerprint density at radius 3 is 2.39 bits per heavy atom. The van der Waals surface area contributed by atoms with Crippen molar-refractivity contribution in [3.63, 3.8) is 0 Å². The lowest BCUT2D eigenvalue weighted by atomic mass is 10.2. The number of hydrogen-bond donors (Lipinski definition) is 1. The van der Waals surface area contributed by atoms with Crippen molar-refractivity contribution in [2.24, 2.45) is 0 Å². The topological polar surface area (TPSA) is 32.3 Å². The second-order valence-corrected chi connectivity index (χ2v) is 4.52. The van der Waals surface area contributed by atoms with E-state index in [1.54, 1.807) is 26.0 Å². The van der Waals surface area contributed by atoms with Gasteiger partial charge in [0.25, 0.3) is 5.91 Å². The maximum absolute atomic E-state index is 13.1. The first-order valence-corrected chi connectivity index (χ1v) is 5.75. The van der Waals surface area contributed by atoms with Crippen LogP contribution in [0.2, 0.25) is 0 Å². The van der Waals surface area contributed by atoms with E-state index in [0.717, 1.165) is 5.70 Å². The number of halogens is 1. The Morgan fingerprint density at radius 2 is 1.89 bits per heavy atom. The van der Waals surface area contributed by atoms with Crippen molar-refractivity contribution in [1.82, 2.24) is 4.90 Å². The second-order valence-electron chi connectivity index (χ2n) is 4.52. The summed E-state index contributed by atoms with van der Waals surface area (Å²) in [6, 6.07) is 4.52. The van der Waals surface area contributed by atoms with Crippen molar-refractivity contribution < 1.29 is 9.18 Å². The predicted molar refractivity (Wildman–Crippen MR) is 71.8 cm³/mol. The second kappa shape index (κ2) is 5.67.